The van der Waals surface area contributed by atoms with Crippen molar-refractivity contribution >= 4 is 5.84 Å². The Balaban J connectivity index is 2.18. The lowest BCUT2D eigenvalue weighted by molar-refractivity contribution is 0.133. The second-order valence-corrected chi connectivity index (χ2v) is 6.08. The van der Waals surface area contributed by atoms with Crippen molar-refractivity contribution in [2.75, 3.05) is 20.2 Å². The number of nitrogens with one attached hydrogen (secondary N) is 1. The average Bonchev–Trinajstić information content (AvgIpc) is 2.37. The lowest BCUT2D eigenvalue weighted by Crippen LogP contribution is -2.38. The Morgan fingerprint density at radius 3 is 2.55 bits per heavy atom. The molecule has 2 atom stereocenters. The van der Waals surface area contributed by atoms with Crippen LogP contribution in [0.2, 0.25) is 0 Å². The van der Waals surface area contributed by atoms with Gasteiger partial charge in [-0.15, -0.1) is 0 Å². The van der Waals surface area contributed by atoms with Gasteiger partial charge < -0.3 is 10.5 Å². The van der Waals surface area contributed by atoms with Crippen LogP contribution in [0.3, 0.4) is 0 Å². The van der Waals surface area contributed by atoms with E-state index in [4.69, 9.17) is 15.9 Å². The highest BCUT2D eigenvalue weighted by atomic mass is 16.5. The summed E-state index contributed by atoms with van der Waals surface area (Å²) in [7, 11) is 1.69. The monoisotopic (exact) mass is 275 g/mol. The summed E-state index contributed by atoms with van der Waals surface area (Å²) in [5, 5.41) is 7.57. The van der Waals surface area contributed by atoms with Crippen LogP contribution in [-0.4, -0.2) is 30.9 Å². The molecule has 110 valence electrons. The third-order valence-electron chi connectivity index (χ3n) is 3.93. The predicted octanol–water partition coefficient (Wildman–Crippen LogP) is 2.46. The predicted molar refractivity (Wildman–Crippen MR) is 82.2 cm³/mol. The summed E-state index contributed by atoms with van der Waals surface area (Å²) in [6.07, 6.45) is 1.31. The zero-order valence-electron chi connectivity index (χ0n) is 12.6. The van der Waals surface area contributed by atoms with Gasteiger partial charge in [-0.3, -0.25) is 10.3 Å². The maximum atomic E-state index is 7.57. The van der Waals surface area contributed by atoms with Gasteiger partial charge in [0, 0.05) is 30.8 Å². The minimum absolute atomic E-state index is 0.106. The molecule has 0 bridgehead atoms. The number of piperidine rings is 1. The summed E-state index contributed by atoms with van der Waals surface area (Å²) in [6.45, 7) is 7.73. The molecule has 1 aromatic rings. The molecule has 2 rings (SSSR count). The minimum atomic E-state index is 0.106. The summed E-state index contributed by atoms with van der Waals surface area (Å²) in [6, 6.07) is 5.72. The van der Waals surface area contributed by atoms with Gasteiger partial charge in [0.1, 0.15) is 11.6 Å². The van der Waals surface area contributed by atoms with Crippen molar-refractivity contribution < 1.29 is 4.74 Å². The first-order chi connectivity index (χ1) is 9.49. The van der Waals surface area contributed by atoms with Gasteiger partial charge in [0.25, 0.3) is 0 Å². The molecule has 0 spiro atoms. The molecule has 4 heteroatoms. The Hall–Kier alpha value is -1.55. The van der Waals surface area contributed by atoms with E-state index in [9.17, 15) is 0 Å². The molecule has 0 saturated carbocycles. The zero-order valence-corrected chi connectivity index (χ0v) is 12.6. The average molecular weight is 275 g/mol. The first-order valence-corrected chi connectivity index (χ1v) is 7.23. The number of rotatable bonds is 4. The van der Waals surface area contributed by atoms with Crippen LogP contribution in [0.25, 0.3) is 0 Å². The van der Waals surface area contributed by atoms with E-state index in [1.807, 2.05) is 18.2 Å². The van der Waals surface area contributed by atoms with Crippen molar-refractivity contribution in [1.82, 2.24) is 4.90 Å². The van der Waals surface area contributed by atoms with Gasteiger partial charge in [-0.05, 0) is 36.5 Å². The number of likely N-dealkylation sites (tertiary alicyclic amines) is 1. The molecule has 0 radical (unpaired) electrons. The fraction of sp³-hybridized carbons (Fsp3) is 0.562. The van der Waals surface area contributed by atoms with Crippen LogP contribution >= 0.6 is 0 Å². The van der Waals surface area contributed by atoms with Gasteiger partial charge >= 0.3 is 0 Å². The fourth-order valence-electron chi connectivity index (χ4n) is 3.23. The van der Waals surface area contributed by atoms with E-state index in [1.165, 1.54) is 6.42 Å². The van der Waals surface area contributed by atoms with Crippen LogP contribution in [-0.2, 0) is 6.54 Å². The van der Waals surface area contributed by atoms with Crippen molar-refractivity contribution in [2.24, 2.45) is 17.6 Å². The van der Waals surface area contributed by atoms with Crippen molar-refractivity contribution in [3.8, 4) is 5.75 Å². The van der Waals surface area contributed by atoms with E-state index < -0.39 is 0 Å². The Bertz CT molecular complexity index is 477. The topological polar surface area (TPSA) is 62.3 Å². The Morgan fingerprint density at radius 1 is 1.35 bits per heavy atom. The minimum Gasteiger partial charge on any atom is -0.496 e. The molecule has 1 aliphatic rings. The quantitative estimate of drug-likeness (QED) is 0.655. The molecule has 4 nitrogen and oxygen atoms in total. The van der Waals surface area contributed by atoms with Gasteiger partial charge in [0.05, 0.1) is 7.11 Å². The lowest BCUT2D eigenvalue weighted by Gasteiger charge is -2.35. The standard InChI is InChI=1S/C16H25N3O/c1-11-6-12(2)9-19(8-11)10-14-7-13(16(17)18)4-5-15(14)20-3/h4-5,7,11-12H,6,8-10H2,1-3H3,(H3,17,18). The summed E-state index contributed by atoms with van der Waals surface area (Å²) in [4.78, 5) is 2.47. The molecular weight excluding hydrogens is 250 g/mol. The lowest BCUT2D eigenvalue weighted by atomic mass is 9.91. The Kier molecular flexibility index (Phi) is 4.65. The number of nitrogens with zero attached hydrogens (tertiary/aromatic N) is 1. The fourth-order valence-corrected chi connectivity index (χ4v) is 3.23. The number of hydrogen-bond acceptors (Lipinski definition) is 3. The number of amidine groups is 1. The van der Waals surface area contributed by atoms with E-state index in [1.54, 1.807) is 7.11 Å². The van der Waals surface area contributed by atoms with E-state index in [2.05, 4.69) is 18.7 Å². The maximum Gasteiger partial charge on any atom is 0.123 e. The summed E-state index contributed by atoms with van der Waals surface area (Å²) in [5.41, 5.74) is 7.46. The molecule has 0 aromatic heterocycles. The Morgan fingerprint density at radius 2 is 2.00 bits per heavy atom. The van der Waals surface area contributed by atoms with Crippen molar-refractivity contribution in [3.63, 3.8) is 0 Å². The molecule has 1 aliphatic heterocycles. The smallest absolute Gasteiger partial charge is 0.123 e. The first-order valence-electron chi connectivity index (χ1n) is 7.23. The largest absolute Gasteiger partial charge is 0.496 e. The van der Waals surface area contributed by atoms with E-state index in [0.29, 0.717) is 0 Å². The molecule has 1 heterocycles. The van der Waals surface area contributed by atoms with Gasteiger partial charge in [0.2, 0.25) is 0 Å². The van der Waals surface area contributed by atoms with Gasteiger partial charge in [-0.25, -0.2) is 0 Å². The maximum absolute atomic E-state index is 7.57. The first kappa shape index (κ1) is 14.9. The van der Waals surface area contributed by atoms with Crippen LogP contribution in [0.4, 0.5) is 0 Å². The number of nitrogen functional groups attached to an aromatic ring is 1. The van der Waals surface area contributed by atoms with E-state index in [-0.39, 0.29) is 5.84 Å². The van der Waals surface area contributed by atoms with Crippen LogP contribution < -0.4 is 10.5 Å². The van der Waals surface area contributed by atoms with Crippen molar-refractivity contribution in [1.29, 1.82) is 5.41 Å². The second kappa shape index (κ2) is 6.27. The van der Waals surface area contributed by atoms with E-state index in [0.717, 1.165) is 48.3 Å². The van der Waals surface area contributed by atoms with Gasteiger partial charge in [-0.2, -0.15) is 0 Å². The number of hydrogen-bond donors (Lipinski definition) is 2. The van der Waals surface area contributed by atoms with Crippen LogP contribution in [0.1, 0.15) is 31.4 Å². The second-order valence-electron chi connectivity index (χ2n) is 6.08. The summed E-state index contributed by atoms with van der Waals surface area (Å²) >= 11 is 0. The third-order valence-corrected chi connectivity index (χ3v) is 3.93. The number of benzene rings is 1. The molecular formula is C16H25N3O. The highest BCUT2D eigenvalue weighted by Gasteiger charge is 2.22. The normalized spacial score (nSPS) is 23.6. The highest BCUT2D eigenvalue weighted by molar-refractivity contribution is 5.95. The molecule has 0 aliphatic carbocycles. The third kappa shape index (κ3) is 3.51. The van der Waals surface area contributed by atoms with E-state index >= 15 is 0 Å². The summed E-state index contributed by atoms with van der Waals surface area (Å²) in [5.74, 6) is 2.46. The molecule has 1 aromatic carbocycles. The zero-order chi connectivity index (χ0) is 14.7. The number of nitrogens with two attached hydrogens (primary N) is 1. The molecule has 20 heavy (non-hydrogen) atoms. The number of methoxy groups -OCH3 is 1. The van der Waals surface area contributed by atoms with Crippen LogP contribution in [0.15, 0.2) is 18.2 Å². The molecule has 1 saturated heterocycles. The SMILES string of the molecule is COc1ccc(C(=N)N)cc1CN1CC(C)CC(C)C1. The molecule has 2 unspecified atom stereocenters. The van der Waals surface area contributed by atoms with Crippen molar-refractivity contribution in [2.45, 2.75) is 26.8 Å². The van der Waals surface area contributed by atoms with Crippen molar-refractivity contribution in [3.05, 3.63) is 29.3 Å². The number of ether oxygens (including phenoxy) is 1. The molecule has 1 fully saturated rings. The van der Waals surface area contributed by atoms with Gasteiger partial charge in [-0.1, -0.05) is 13.8 Å². The van der Waals surface area contributed by atoms with Gasteiger partial charge in [0.15, 0.2) is 0 Å². The van der Waals surface area contributed by atoms with Crippen LogP contribution in [0.5, 0.6) is 5.75 Å². The Labute approximate surface area is 121 Å². The highest BCUT2D eigenvalue weighted by Crippen LogP contribution is 2.26. The molecule has 3 N–H and O–H groups in total. The summed E-state index contributed by atoms with van der Waals surface area (Å²) < 4.78 is 5.44. The van der Waals surface area contributed by atoms with Crippen LogP contribution in [0, 0.1) is 17.2 Å². The molecule has 0 amide bonds.